The summed E-state index contributed by atoms with van der Waals surface area (Å²) in [4.78, 5) is 17.4. The number of hydrazine groups is 1. The molecule has 6 nitrogen and oxygen atoms in total. The molecule has 2 fully saturated rings. The summed E-state index contributed by atoms with van der Waals surface area (Å²) in [6.45, 7) is 0. The standard InChI is InChI=1S/C18H23N5O/c1-23-11-10-19-17(23)15(12-6-3-2-4-7-12)20-18(24)16-13-8-5-9-14(13)21-22-16/h2-4,6-7,10-11,13-16,21-22H,5,8-9H2,1H3,(H,20,24). The molecule has 4 atom stereocenters. The lowest BCUT2D eigenvalue weighted by Crippen LogP contribution is -2.47. The molecular weight excluding hydrogens is 302 g/mol. The lowest BCUT2D eigenvalue weighted by Gasteiger charge is -2.23. The first-order chi connectivity index (χ1) is 11.7. The van der Waals surface area contributed by atoms with Gasteiger partial charge < -0.3 is 9.88 Å². The molecule has 6 heteroatoms. The second-order valence-corrected chi connectivity index (χ2v) is 6.72. The van der Waals surface area contributed by atoms with Crippen LogP contribution in [0.1, 0.15) is 36.7 Å². The van der Waals surface area contributed by atoms with Crippen molar-refractivity contribution in [2.24, 2.45) is 13.0 Å². The molecule has 1 amide bonds. The predicted octanol–water partition coefficient (Wildman–Crippen LogP) is 1.27. The van der Waals surface area contributed by atoms with Gasteiger partial charge in [0.15, 0.2) is 0 Å². The number of nitrogens with one attached hydrogen (secondary N) is 3. The van der Waals surface area contributed by atoms with Gasteiger partial charge in [0.05, 0.1) is 0 Å². The van der Waals surface area contributed by atoms with Gasteiger partial charge in [-0.25, -0.2) is 10.4 Å². The molecule has 1 aliphatic heterocycles. The van der Waals surface area contributed by atoms with Crippen LogP contribution in [0.15, 0.2) is 42.7 Å². The van der Waals surface area contributed by atoms with Crippen LogP contribution in [-0.4, -0.2) is 27.5 Å². The van der Waals surface area contributed by atoms with E-state index in [1.54, 1.807) is 6.20 Å². The van der Waals surface area contributed by atoms with Crippen molar-refractivity contribution in [3.05, 3.63) is 54.1 Å². The Kier molecular flexibility index (Phi) is 4.08. The van der Waals surface area contributed by atoms with Gasteiger partial charge in [-0.1, -0.05) is 36.8 Å². The fourth-order valence-corrected chi connectivity index (χ4v) is 3.96. The number of hydrogen-bond acceptors (Lipinski definition) is 4. The van der Waals surface area contributed by atoms with E-state index in [0.717, 1.165) is 24.2 Å². The predicted molar refractivity (Wildman–Crippen MR) is 90.8 cm³/mol. The van der Waals surface area contributed by atoms with Crippen LogP contribution in [0.25, 0.3) is 0 Å². The van der Waals surface area contributed by atoms with E-state index in [0.29, 0.717) is 12.0 Å². The van der Waals surface area contributed by atoms with Crippen LogP contribution >= 0.6 is 0 Å². The number of benzene rings is 1. The molecule has 0 spiro atoms. The maximum Gasteiger partial charge on any atom is 0.239 e. The lowest BCUT2D eigenvalue weighted by atomic mass is 9.96. The van der Waals surface area contributed by atoms with Gasteiger partial charge in [0, 0.05) is 31.4 Å². The fraction of sp³-hybridized carbons (Fsp3) is 0.444. The van der Waals surface area contributed by atoms with Crippen LogP contribution in [-0.2, 0) is 11.8 Å². The van der Waals surface area contributed by atoms with E-state index < -0.39 is 0 Å². The maximum atomic E-state index is 12.9. The van der Waals surface area contributed by atoms with Crippen molar-refractivity contribution in [1.29, 1.82) is 0 Å². The molecule has 1 saturated carbocycles. The SMILES string of the molecule is Cn1ccnc1C(NC(=O)C1NNC2CCCC21)c1ccccc1. The average molecular weight is 325 g/mol. The van der Waals surface area contributed by atoms with E-state index in [2.05, 4.69) is 21.2 Å². The monoisotopic (exact) mass is 325 g/mol. The number of carbonyl (C=O) groups excluding carboxylic acids is 1. The number of amides is 1. The van der Waals surface area contributed by atoms with Crippen LogP contribution in [0.3, 0.4) is 0 Å². The van der Waals surface area contributed by atoms with E-state index in [4.69, 9.17) is 0 Å². The summed E-state index contributed by atoms with van der Waals surface area (Å²) in [6.07, 6.45) is 7.10. The number of carbonyl (C=O) groups is 1. The quantitative estimate of drug-likeness (QED) is 0.792. The number of aromatic nitrogens is 2. The van der Waals surface area contributed by atoms with Gasteiger partial charge in [0.2, 0.25) is 5.91 Å². The van der Waals surface area contributed by atoms with Gasteiger partial charge in [0.1, 0.15) is 17.9 Å². The van der Waals surface area contributed by atoms with Crippen molar-refractivity contribution < 1.29 is 4.79 Å². The first-order valence-electron chi connectivity index (χ1n) is 8.57. The molecule has 1 aromatic carbocycles. The molecule has 24 heavy (non-hydrogen) atoms. The highest BCUT2D eigenvalue weighted by Gasteiger charge is 2.43. The third-order valence-corrected chi connectivity index (χ3v) is 5.24. The highest BCUT2D eigenvalue weighted by Crippen LogP contribution is 2.32. The third-order valence-electron chi connectivity index (χ3n) is 5.24. The Morgan fingerprint density at radius 2 is 2.12 bits per heavy atom. The van der Waals surface area contributed by atoms with E-state index in [1.807, 2.05) is 48.1 Å². The average Bonchev–Trinajstić information content (AvgIpc) is 3.30. The third kappa shape index (κ3) is 2.72. The molecule has 126 valence electrons. The Morgan fingerprint density at radius 1 is 1.29 bits per heavy atom. The van der Waals surface area contributed by atoms with Gasteiger partial charge in [-0.05, 0) is 18.4 Å². The van der Waals surface area contributed by atoms with Crippen molar-refractivity contribution in [3.8, 4) is 0 Å². The van der Waals surface area contributed by atoms with Gasteiger partial charge in [-0.3, -0.25) is 10.2 Å². The minimum absolute atomic E-state index is 0.0359. The van der Waals surface area contributed by atoms with E-state index in [9.17, 15) is 4.79 Å². The number of nitrogens with zero attached hydrogens (tertiary/aromatic N) is 2. The van der Waals surface area contributed by atoms with Crippen molar-refractivity contribution in [2.75, 3.05) is 0 Å². The van der Waals surface area contributed by atoms with Crippen LogP contribution < -0.4 is 16.2 Å². The van der Waals surface area contributed by atoms with Crippen molar-refractivity contribution in [3.63, 3.8) is 0 Å². The van der Waals surface area contributed by atoms with Crippen molar-refractivity contribution in [1.82, 2.24) is 25.7 Å². The van der Waals surface area contributed by atoms with Crippen LogP contribution in [0.2, 0.25) is 0 Å². The molecule has 1 aliphatic carbocycles. The smallest absolute Gasteiger partial charge is 0.239 e. The minimum Gasteiger partial charge on any atom is -0.341 e. The number of rotatable bonds is 4. The van der Waals surface area contributed by atoms with Gasteiger partial charge in [-0.15, -0.1) is 0 Å². The van der Waals surface area contributed by atoms with E-state index >= 15 is 0 Å². The summed E-state index contributed by atoms with van der Waals surface area (Å²) in [7, 11) is 1.95. The van der Waals surface area contributed by atoms with Gasteiger partial charge in [-0.2, -0.15) is 0 Å². The largest absolute Gasteiger partial charge is 0.341 e. The first kappa shape index (κ1) is 15.4. The molecule has 4 rings (SSSR count). The zero-order valence-corrected chi connectivity index (χ0v) is 13.8. The molecule has 0 bridgehead atoms. The Bertz CT molecular complexity index is 713. The first-order valence-corrected chi connectivity index (χ1v) is 8.57. The van der Waals surface area contributed by atoms with Gasteiger partial charge in [0.25, 0.3) is 0 Å². The molecule has 2 heterocycles. The zero-order chi connectivity index (χ0) is 16.5. The minimum atomic E-state index is -0.249. The number of fused-ring (bicyclic) bond motifs is 1. The zero-order valence-electron chi connectivity index (χ0n) is 13.8. The second kappa shape index (κ2) is 6.37. The molecule has 0 radical (unpaired) electrons. The second-order valence-electron chi connectivity index (χ2n) is 6.72. The normalized spacial score (nSPS) is 27.0. The number of aryl methyl sites for hydroxylation is 1. The summed E-state index contributed by atoms with van der Waals surface area (Å²) >= 11 is 0. The molecule has 2 aliphatic rings. The summed E-state index contributed by atoms with van der Waals surface area (Å²) in [5.41, 5.74) is 7.50. The van der Waals surface area contributed by atoms with Crippen molar-refractivity contribution >= 4 is 5.91 Å². The topological polar surface area (TPSA) is 71.0 Å². The summed E-state index contributed by atoms with van der Waals surface area (Å²) in [5.74, 6) is 1.25. The van der Waals surface area contributed by atoms with E-state index in [-0.39, 0.29) is 18.0 Å². The molecular formula is C18H23N5O. The summed E-state index contributed by atoms with van der Waals surface area (Å²) in [5, 5.41) is 3.21. The molecule has 1 saturated heterocycles. The van der Waals surface area contributed by atoms with Crippen LogP contribution in [0, 0.1) is 5.92 Å². The lowest BCUT2D eigenvalue weighted by molar-refractivity contribution is -0.124. The van der Waals surface area contributed by atoms with Crippen LogP contribution in [0.4, 0.5) is 0 Å². The Labute approximate surface area is 141 Å². The highest BCUT2D eigenvalue weighted by molar-refractivity contribution is 5.83. The number of hydrogen-bond donors (Lipinski definition) is 3. The fourth-order valence-electron chi connectivity index (χ4n) is 3.96. The van der Waals surface area contributed by atoms with Crippen LogP contribution in [0.5, 0.6) is 0 Å². The number of imidazole rings is 1. The molecule has 4 unspecified atom stereocenters. The summed E-state index contributed by atoms with van der Waals surface area (Å²) < 4.78 is 1.96. The highest BCUT2D eigenvalue weighted by atomic mass is 16.2. The van der Waals surface area contributed by atoms with Crippen molar-refractivity contribution in [2.45, 2.75) is 37.4 Å². The van der Waals surface area contributed by atoms with Gasteiger partial charge >= 0.3 is 0 Å². The molecule has 1 aromatic heterocycles. The molecule has 2 aromatic rings. The Balaban J connectivity index is 1.58. The maximum absolute atomic E-state index is 12.9. The Morgan fingerprint density at radius 3 is 2.88 bits per heavy atom. The Hall–Kier alpha value is -2.18. The summed E-state index contributed by atoms with van der Waals surface area (Å²) in [6, 6.07) is 10.00. The molecule has 3 N–H and O–H groups in total. The van der Waals surface area contributed by atoms with E-state index in [1.165, 1.54) is 6.42 Å².